The molecule has 0 aliphatic carbocycles. The van der Waals surface area contributed by atoms with Gasteiger partial charge in [0.1, 0.15) is 11.5 Å². The van der Waals surface area contributed by atoms with Crippen LogP contribution in [0.2, 0.25) is 0 Å². The Morgan fingerprint density at radius 1 is 1.64 bits per heavy atom. The molecule has 0 spiro atoms. The Hall–Kier alpha value is -1.93. The Morgan fingerprint density at radius 3 is 3.21 bits per heavy atom. The average molecular weight is 187 g/mol. The number of pyridine rings is 1. The minimum absolute atomic E-state index is 0.606. The van der Waals surface area contributed by atoms with E-state index in [0.29, 0.717) is 5.69 Å². The molecule has 0 aliphatic rings. The van der Waals surface area contributed by atoms with Gasteiger partial charge in [0.15, 0.2) is 0 Å². The van der Waals surface area contributed by atoms with E-state index in [2.05, 4.69) is 9.98 Å². The lowest BCUT2D eigenvalue weighted by atomic mass is 10.3. The molecule has 2 heterocycles. The summed E-state index contributed by atoms with van der Waals surface area (Å²) in [7, 11) is 0. The van der Waals surface area contributed by atoms with Gasteiger partial charge in [-0.1, -0.05) is 6.92 Å². The van der Waals surface area contributed by atoms with Crippen LogP contribution in [0.25, 0.3) is 5.52 Å². The summed E-state index contributed by atoms with van der Waals surface area (Å²) < 4.78 is 1.93. The van der Waals surface area contributed by atoms with Crippen LogP contribution < -0.4 is 0 Å². The zero-order valence-corrected chi connectivity index (χ0v) is 7.77. The molecule has 0 N–H and O–H groups in total. The maximum atomic E-state index is 10.2. The normalized spacial score (nSPS) is 10.1. The molecule has 0 aliphatic heterocycles. The molecule has 0 aromatic carbocycles. The number of carbonyl (C=O) groups excluding carboxylic acids is 1. The Balaban J connectivity index is 2.76. The van der Waals surface area contributed by atoms with Crippen molar-refractivity contribution in [3.8, 4) is 0 Å². The first-order valence-electron chi connectivity index (χ1n) is 4.39. The van der Waals surface area contributed by atoms with Crippen LogP contribution in [0.5, 0.6) is 0 Å². The van der Waals surface area contributed by atoms with Gasteiger partial charge < -0.3 is 4.40 Å². The first kappa shape index (κ1) is 8.66. The van der Waals surface area contributed by atoms with E-state index in [1.807, 2.05) is 23.6 Å². The van der Waals surface area contributed by atoms with E-state index in [0.717, 1.165) is 17.8 Å². The van der Waals surface area contributed by atoms with Gasteiger partial charge in [0, 0.05) is 12.6 Å². The van der Waals surface area contributed by atoms with E-state index in [1.165, 1.54) is 6.08 Å². The molecule has 0 atom stereocenters. The minimum atomic E-state index is 0.606. The number of imidazole rings is 1. The Labute approximate surface area is 80.9 Å². The third-order valence-electron chi connectivity index (χ3n) is 2.11. The average Bonchev–Trinajstić information content (AvgIpc) is 2.62. The molecule has 2 rings (SSSR count). The summed E-state index contributed by atoms with van der Waals surface area (Å²) in [5.41, 5.74) is 1.45. The van der Waals surface area contributed by atoms with Gasteiger partial charge in [0.2, 0.25) is 6.08 Å². The number of rotatable bonds is 2. The Morgan fingerprint density at radius 2 is 2.50 bits per heavy atom. The van der Waals surface area contributed by atoms with Crippen molar-refractivity contribution in [2.24, 2.45) is 4.99 Å². The van der Waals surface area contributed by atoms with Gasteiger partial charge in [0.25, 0.3) is 0 Å². The van der Waals surface area contributed by atoms with E-state index in [4.69, 9.17) is 0 Å². The number of isocyanates is 1. The molecule has 0 bridgehead atoms. The standard InChI is InChI=1S/C10H9N3O/c1-2-10-11-6-9-8(12-7-14)4-3-5-13(9)10/h3-6H,2H2,1H3. The molecular weight excluding hydrogens is 178 g/mol. The van der Waals surface area contributed by atoms with Crippen LogP contribution >= 0.6 is 0 Å². The second-order valence-electron chi connectivity index (χ2n) is 2.88. The van der Waals surface area contributed by atoms with Crippen molar-refractivity contribution in [2.45, 2.75) is 13.3 Å². The lowest BCUT2D eigenvalue weighted by Crippen LogP contribution is -1.90. The first-order valence-corrected chi connectivity index (χ1v) is 4.39. The number of nitrogens with zero attached hydrogens (tertiary/aromatic N) is 3. The largest absolute Gasteiger partial charge is 0.302 e. The lowest BCUT2D eigenvalue weighted by molar-refractivity contribution is 0.565. The summed E-state index contributed by atoms with van der Waals surface area (Å²) in [5.74, 6) is 0.961. The van der Waals surface area contributed by atoms with E-state index in [9.17, 15) is 4.79 Å². The van der Waals surface area contributed by atoms with E-state index < -0.39 is 0 Å². The van der Waals surface area contributed by atoms with Gasteiger partial charge in [-0.15, -0.1) is 0 Å². The summed E-state index contributed by atoms with van der Waals surface area (Å²) in [6, 6.07) is 3.60. The van der Waals surface area contributed by atoms with Gasteiger partial charge in [-0.25, -0.2) is 9.78 Å². The van der Waals surface area contributed by atoms with Crippen LogP contribution in [-0.4, -0.2) is 15.5 Å². The quantitative estimate of drug-likeness (QED) is 0.532. The van der Waals surface area contributed by atoms with E-state index in [1.54, 1.807) is 12.3 Å². The van der Waals surface area contributed by atoms with Crippen LogP contribution in [0.3, 0.4) is 0 Å². The maximum Gasteiger partial charge on any atom is 0.240 e. The molecule has 0 radical (unpaired) electrons. The predicted molar refractivity (Wildman–Crippen MR) is 52.4 cm³/mol. The number of aliphatic imine (C=N–C) groups is 1. The topological polar surface area (TPSA) is 46.7 Å². The van der Waals surface area contributed by atoms with E-state index in [-0.39, 0.29) is 0 Å². The third-order valence-corrected chi connectivity index (χ3v) is 2.11. The molecule has 4 heteroatoms. The van der Waals surface area contributed by atoms with Crippen LogP contribution in [0.15, 0.2) is 29.5 Å². The van der Waals surface area contributed by atoms with Crippen molar-refractivity contribution in [2.75, 3.05) is 0 Å². The summed E-state index contributed by atoms with van der Waals surface area (Å²) in [4.78, 5) is 18.0. The zero-order chi connectivity index (χ0) is 9.97. The molecule has 2 aromatic heterocycles. The summed E-state index contributed by atoms with van der Waals surface area (Å²) in [5, 5.41) is 0. The number of aryl methyl sites for hydroxylation is 1. The van der Waals surface area contributed by atoms with E-state index >= 15 is 0 Å². The molecule has 14 heavy (non-hydrogen) atoms. The van der Waals surface area contributed by atoms with Crippen molar-refractivity contribution in [1.82, 2.24) is 9.38 Å². The van der Waals surface area contributed by atoms with Crippen molar-refractivity contribution >= 4 is 17.3 Å². The fourth-order valence-electron chi connectivity index (χ4n) is 1.47. The van der Waals surface area contributed by atoms with Crippen molar-refractivity contribution in [1.29, 1.82) is 0 Å². The molecule has 0 saturated heterocycles. The minimum Gasteiger partial charge on any atom is -0.302 e. The van der Waals surface area contributed by atoms with Gasteiger partial charge in [-0.05, 0) is 12.1 Å². The smallest absolute Gasteiger partial charge is 0.240 e. The zero-order valence-electron chi connectivity index (χ0n) is 7.77. The number of fused-ring (bicyclic) bond motifs is 1. The summed E-state index contributed by atoms with van der Waals surface area (Å²) >= 11 is 0. The fraction of sp³-hybridized carbons (Fsp3) is 0.200. The van der Waals surface area contributed by atoms with Crippen molar-refractivity contribution < 1.29 is 4.79 Å². The molecule has 70 valence electrons. The molecule has 4 nitrogen and oxygen atoms in total. The Kier molecular flexibility index (Phi) is 2.13. The first-order chi connectivity index (χ1) is 6.86. The molecule has 0 amide bonds. The van der Waals surface area contributed by atoms with Crippen molar-refractivity contribution in [3.63, 3.8) is 0 Å². The summed E-state index contributed by atoms with van der Waals surface area (Å²) in [6.45, 7) is 2.03. The lowest BCUT2D eigenvalue weighted by Gasteiger charge is -1.98. The van der Waals surface area contributed by atoms with Crippen molar-refractivity contribution in [3.05, 3.63) is 30.4 Å². The van der Waals surface area contributed by atoms with Gasteiger partial charge in [-0.2, -0.15) is 4.99 Å². The number of aromatic nitrogens is 2. The molecular formula is C10H9N3O. The number of hydrogen-bond donors (Lipinski definition) is 0. The van der Waals surface area contributed by atoms with Crippen LogP contribution in [0, 0.1) is 0 Å². The monoisotopic (exact) mass is 187 g/mol. The highest BCUT2D eigenvalue weighted by atomic mass is 16.1. The summed E-state index contributed by atoms with van der Waals surface area (Å²) in [6.07, 6.45) is 6.01. The Bertz CT molecular complexity index is 509. The third kappa shape index (κ3) is 1.22. The fourth-order valence-corrected chi connectivity index (χ4v) is 1.47. The SMILES string of the molecule is CCc1ncc2c(N=C=O)cccn12. The molecule has 0 fully saturated rings. The highest BCUT2D eigenvalue weighted by molar-refractivity contribution is 5.70. The second kappa shape index (κ2) is 3.44. The molecule has 0 unspecified atom stereocenters. The number of hydrogen-bond acceptors (Lipinski definition) is 3. The second-order valence-corrected chi connectivity index (χ2v) is 2.88. The molecule has 2 aromatic rings. The highest BCUT2D eigenvalue weighted by Crippen LogP contribution is 2.20. The van der Waals surface area contributed by atoms with Gasteiger partial charge in [0.05, 0.1) is 11.7 Å². The van der Waals surface area contributed by atoms with Gasteiger partial charge in [-0.3, -0.25) is 0 Å². The van der Waals surface area contributed by atoms with Crippen LogP contribution in [0.4, 0.5) is 5.69 Å². The maximum absolute atomic E-state index is 10.2. The predicted octanol–water partition coefficient (Wildman–Crippen LogP) is 1.86. The van der Waals surface area contributed by atoms with Crippen LogP contribution in [-0.2, 0) is 11.2 Å². The van der Waals surface area contributed by atoms with Gasteiger partial charge >= 0.3 is 0 Å². The van der Waals surface area contributed by atoms with Crippen LogP contribution in [0.1, 0.15) is 12.7 Å². The highest BCUT2D eigenvalue weighted by Gasteiger charge is 2.04. The molecule has 0 saturated carbocycles.